The van der Waals surface area contributed by atoms with E-state index < -0.39 is 0 Å². The van der Waals surface area contributed by atoms with E-state index in [9.17, 15) is 0 Å². The van der Waals surface area contributed by atoms with Crippen molar-refractivity contribution in [3.8, 4) is 17.0 Å². The van der Waals surface area contributed by atoms with E-state index in [1.807, 2.05) is 29.0 Å². The van der Waals surface area contributed by atoms with E-state index in [1.165, 1.54) is 0 Å². The maximum absolute atomic E-state index is 5.60. The molecule has 1 saturated carbocycles. The van der Waals surface area contributed by atoms with Crippen molar-refractivity contribution in [2.24, 2.45) is 11.8 Å². The van der Waals surface area contributed by atoms with Crippen LogP contribution in [0.15, 0.2) is 36.8 Å². The molecule has 0 unspecified atom stereocenters. The Balaban J connectivity index is 1.41. The third kappa shape index (κ3) is 2.23. The molecule has 136 valence electrons. The van der Waals surface area contributed by atoms with Crippen molar-refractivity contribution >= 4 is 22.5 Å². The minimum absolute atomic E-state index is 0.402. The predicted octanol–water partition coefficient (Wildman–Crippen LogP) is 2.34. The van der Waals surface area contributed by atoms with E-state index >= 15 is 0 Å². The van der Waals surface area contributed by atoms with Gasteiger partial charge in [-0.3, -0.25) is 0 Å². The summed E-state index contributed by atoms with van der Waals surface area (Å²) in [4.78, 5) is 12.6. The highest BCUT2D eigenvalue weighted by atomic mass is 16.5. The summed E-state index contributed by atoms with van der Waals surface area (Å²) in [6.07, 6.45) is 5.68. The van der Waals surface area contributed by atoms with E-state index in [2.05, 4.69) is 31.4 Å². The molecule has 1 aliphatic heterocycles. The average molecular weight is 362 g/mol. The normalized spacial score (nSPS) is 23.7. The molecule has 1 saturated heterocycles. The summed E-state index contributed by atoms with van der Waals surface area (Å²) in [5.41, 5.74) is 3.86. The zero-order chi connectivity index (χ0) is 18.0. The number of nitrogens with zero attached hydrogens (tertiary/aromatic N) is 4. The third-order valence-corrected chi connectivity index (χ3v) is 5.65. The van der Waals surface area contributed by atoms with E-state index in [0.717, 1.165) is 40.9 Å². The van der Waals surface area contributed by atoms with Gasteiger partial charge in [-0.15, -0.1) is 0 Å². The molecular weight excluding hydrogens is 344 g/mol. The molecule has 0 amide bonds. The van der Waals surface area contributed by atoms with Gasteiger partial charge in [0.25, 0.3) is 0 Å². The first-order valence-electron chi connectivity index (χ1n) is 9.03. The first-order valence-corrected chi connectivity index (χ1v) is 9.03. The number of pyridine rings is 1. The molecule has 0 spiro atoms. The molecule has 3 atom stereocenters. The Morgan fingerprint density at radius 2 is 2.15 bits per heavy atom. The topological polar surface area (TPSA) is 89.4 Å². The van der Waals surface area contributed by atoms with Gasteiger partial charge in [0.05, 0.1) is 31.2 Å². The van der Waals surface area contributed by atoms with Gasteiger partial charge >= 0.3 is 0 Å². The summed E-state index contributed by atoms with van der Waals surface area (Å²) in [5.74, 6) is 2.32. The van der Waals surface area contributed by atoms with Gasteiger partial charge in [-0.05, 0) is 23.8 Å². The van der Waals surface area contributed by atoms with Crippen LogP contribution in [0.25, 0.3) is 27.7 Å². The lowest BCUT2D eigenvalue weighted by atomic mass is 10.1. The van der Waals surface area contributed by atoms with E-state index in [1.54, 1.807) is 13.3 Å². The Morgan fingerprint density at radius 1 is 1.26 bits per heavy atom. The fraction of sp³-hybridized carbons (Fsp3) is 0.316. The number of hydrogen-bond acceptors (Lipinski definition) is 6. The minimum atomic E-state index is 0.402. The minimum Gasteiger partial charge on any atom is -0.480 e. The Morgan fingerprint density at radius 3 is 3.00 bits per heavy atom. The van der Waals surface area contributed by atoms with E-state index in [4.69, 9.17) is 9.47 Å². The van der Waals surface area contributed by atoms with Crippen LogP contribution < -0.4 is 10.1 Å². The summed E-state index contributed by atoms with van der Waals surface area (Å²) < 4.78 is 12.9. The summed E-state index contributed by atoms with van der Waals surface area (Å²) in [7, 11) is 1.64. The summed E-state index contributed by atoms with van der Waals surface area (Å²) in [6, 6.07) is 6.50. The standard InChI is InChI=1S/C19H18N6O2/c1-26-18-15-12(10-3-5-25-11(6-10)2-4-21-25)7-20-17(15)23-19(24-18)22-16-13-8-27-9-14(13)16/h2-7,13-14,16H,8-9H2,1H3,(H2,20,22,23,24)/t13-,14+,16+. The van der Waals surface area contributed by atoms with Crippen LogP contribution in [-0.4, -0.2) is 50.9 Å². The van der Waals surface area contributed by atoms with Gasteiger partial charge in [-0.1, -0.05) is 0 Å². The number of aromatic amines is 1. The number of methoxy groups -OCH3 is 1. The number of hydrogen-bond donors (Lipinski definition) is 2. The van der Waals surface area contributed by atoms with Gasteiger partial charge in [0.2, 0.25) is 11.8 Å². The van der Waals surface area contributed by atoms with Crippen LogP contribution in [0.3, 0.4) is 0 Å². The van der Waals surface area contributed by atoms with E-state index in [-0.39, 0.29) is 0 Å². The number of nitrogens with one attached hydrogen (secondary N) is 2. The molecule has 0 bridgehead atoms. The first kappa shape index (κ1) is 15.0. The average Bonchev–Trinajstić information content (AvgIpc) is 3.20. The van der Waals surface area contributed by atoms with Crippen LogP contribution in [0, 0.1) is 11.8 Å². The Kier molecular flexibility index (Phi) is 3.01. The summed E-state index contributed by atoms with van der Waals surface area (Å²) in [5, 5.41) is 8.57. The van der Waals surface area contributed by atoms with Crippen LogP contribution in [-0.2, 0) is 4.74 Å². The lowest BCUT2D eigenvalue weighted by Crippen LogP contribution is -2.14. The number of anilines is 1. The van der Waals surface area contributed by atoms with Crippen molar-refractivity contribution in [3.63, 3.8) is 0 Å². The molecule has 1 aliphatic carbocycles. The second kappa shape index (κ2) is 5.43. The number of H-pyrrole nitrogens is 1. The number of rotatable bonds is 4. The molecule has 2 N–H and O–H groups in total. The van der Waals surface area contributed by atoms with Gasteiger partial charge in [0.1, 0.15) is 5.65 Å². The van der Waals surface area contributed by atoms with Gasteiger partial charge < -0.3 is 19.8 Å². The van der Waals surface area contributed by atoms with Crippen LogP contribution in [0.4, 0.5) is 5.95 Å². The zero-order valence-electron chi connectivity index (χ0n) is 14.7. The molecule has 4 aromatic heterocycles. The quantitative estimate of drug-likeness (QED) is 0.579. The summed E-state index contributed by atoms with van der Waals surface area (Å²) >= 11 is 0. The molecule has 0 aromatic carbocycles. The van der Waals surface area contributed by atoms with Gasteiger partial charge in [0.15, 0.2) is 0 Å². The van der Waals surface area contributed by atoms with Crippen LogP contribution in [0.1, 0.15) is 0 Å². The largest absolute Gasteiger partial charge is 0.480 e. The highest BCUT2D eigenvalue weighted by Gasteiger charge is 2.54. The van der Waals surface area contributed by atoms with Crippen molar-refractivity contribution in [1.82, 2.24) is 24.6 Å². The lowest BCUT2D eigenvalue weighted by Gasteiger charge is -2.10. The second-order valence-corrected chi connectivity index (χ2v) is 7.13. The fourth-order valence-electron chi connectivity index (χ4n) is 4.13. The Bertz CT molecular complexity index is 1160. The number of fused-ring (bicyclic) bond motifs is 3. The maximum Gasteiger partial charge on any atom is 0.228 e. The molecule has 27 heavy (non-hydrogen) atoms. The van der Waals surface area contributed by atoms with Crippen molar-refractivity contribution < 1.29 is 9.47 Å². The SMILES string of the molecule is COc1nc(N[C@H]2[C@@H]3COC[C@@H]32)nc2[nH]cc(-c3ccn4nccc4c3)c12. The van der Waals surface area contributed by atoms with Crippen LogP contribution >= 0.6 is 0 Å². The fourth-order valence-corrected chi connectivity index (χ4v) is 4.13. The summed E-state index contributed by atoms with van der Waals surface area (Å²) in [6.45, 7) is 1.65. The van der Waals surface area contributed by atoms with Crippen molar-refractivity contribution in [2.45, 2.75) is 6.04 Å². The highest BCUT2D eigenvalue weighted by molar-refractivity contribution is 5.98. The second-order valence-electron chi connectivity index (χ2n) is 7.13. The van der Waals surface area contributed by atoms with E-state index in [0.29, 0.717) is 29.7 Å². The molecule has 5 heterocycles. The van der Waals surface area contributed by atoms with Gasteiger partial charge in [0, 0.05) is 42.0 Å². The van der Waals surface area contributed by atoms with Gasteiger partial charge in [-0.2, -0.15) is 15.1 Å². The lowest BCUT2D eigenvalue weighted by molar-refractivity contribution is 0.162. The monoisotopic (exact) mass is 362 g/mol. The first-order chi connectivity index (χ1) is 13.3. The molecule has 6 rings (SSSR count). The van der Waals surface area contributed by atoms with Crippen LogP contribution in [0.5, 0.6) is 5.88 Å². The molecule has 2 fully saturated rings. The van der Waals surface area contributed by atoms with Crippen LogP contribution in [0.2, 0.25) is 0 Å². The molecule has 8 nitrogen and oxygen atoms in total. The highest BCUT2D eigenvalue weighted by Crippen LogP contribution is 2.46. The molecule has 2 aliphatic rings. The number of aromatic nitrogens is 5. The van der Waals surface area contributed by atoms with Gasteiger partial charge in [-0.25, -0.2) is 4.52 Å². The molecular formula is C19H18N6O2. The third-order valence-electron chi connectivity index (χ3n) is 5.65. The molecule has 8 heteroatoms. The predicted molar refractivity (Wildman–Crippen MR) is 99.8 cm³/mol. The molecule has 4 aromatic rings. The Labute approximate surface area is 154 Å². The molecule has 0 radical (unpaired) electrons. The Hall–Kier alpha value is -3.13. The maximum atomic E-state index is 5.60. The smallest absolute Gasteiger partial charge is 0.228 e. The van der Waals surface area contributed by atoms with Crippen molar-refractivity contribution in [3.05, 3.63) is 36.8 Å². The van der Waals surface area contributed by atoms with Crippen molar-refractivity contribution in [1.29, 1.82) is 0 Å². The zero-order valence-corrected chi connectivity index (χ0v) is 14.7. The van der Waals surface area contributed by atoms with Crippen molar-refractivity contribution in [2.75, 3.05) is 25.6 Å². The number of ether oxygens (including phenoxy) is 2.